The Labute approximate surface area is 230 Å². The fraction of sp³-hybridized carbons (Fsp3) is 0.690. The topological polar surface area (TPSA) is 99.2 Å². The monoisotopic (exact) mass is 543 g/mol. The Kier molecular flexibility index (Phi) is 9.04. The van der Waals surface area contributed by atoms with Crippen LogP contribution in [0.1, 0.15) is 87.2 Å². The molecule has 3 heterocycles. The van der Waals surface area contributed by atoms with E-state index in [1.54, 1.807) is 15.9 Å². The summed E-state index contributed by atoms with van der Waals surface area (Å²) in [4.78, 5) is 43.4. The molecule has 0 aromatic carbocycles. The van der Waals surface area contributed by atoms with E-state index in [2.05, 4.69) is 24.1 Å². The van der Waals surface area contributed by atoms with Crippen LogP contribution in [0.2, 0.25) is 0 Å². The van der Waals surface area contributed by atoms with Crippen LogP contribution in [0.4, 0.5) is 10.5 Å². The molecule has 1 unspecified atom stereocenters. The molecule has 1 aliphatic carbocycles. The number of ether oxygens (including phenoxy) is 1. The molecule has 38 heavy (non-hydrogen) atoms. The summed E-state index contributed by atoms with van der Waals surface area (Å²) in [6.07, 6.45) is 5.46. The van der Waals surface area contributed by atoms with Crippen LogP contribution in [-0.2, 0) is 9.53 Å². The van der Waals surface area contributed by atoms with Gasteiger partial charge in [-0.3, -0.25) is 4.79 Å². The first-order valence-electron chi connectivity index (χ1n) is 13.9. The number of rotatable bonds is 5. The lowest BCUT2D eigenvalue weighted by atomic mass is 9.82. The van der Waals surface area contributed by atoms with Crippen molar-refractivity contribution in [3.63, 3.8) is 0 Å². The van der Waals surface area contributed by atoms with Crippen LogP contribution in [0.15, 0.2) is 6.07 Å². The average Bonchev–Trinajstić information content (AvgIpc) is 3.52. The highest BCUT2D eigenvalue weighted by atomic mass is 32.1. The molecule has 0 radical (unpaired) electrons. The van der Waals surface area contributed by atoms with Gasteiger partial charge in [-0.2, -0.15) is 0 Å². The highest BCUT2D eigenvalue weighted by molar-refractivity contribution is 7.15. The number of carboxylic acid groups (broad SMARTS) is 1. The van der Waals surface area contributed by atoms with Crippen molar-refractivity contribution in [3.05, 3.63) is 15.8 Å². The number of likely N-dealkylation sites (tertiary alicyclic amines) is 1. The first kappa shape index (κ1) is 28.4. The van der Waals surface area contributed by atoms with E-state index >= 15 is 0 Å². The van der Waals surface area contributed by atoms with Gasteiger partial charge in [0, 0.05) is 31.0 Å². The Morgan fingerprint density at radius 3 is 2.53 bits per heavy atom. The molecule has 208 valence electrons. The Morgan fingerprint density at radius 2 is 1.89 bits per heavy atom. The summed E-state index contributed by atoms with van der Waals surface area (Å²) in [6, 6.07) is 1.44. The second kappa shape index (κ2) is 12.1. The number of nitrogens with one attached hydrogen (secondary N) is 1. The van der Waals surface area contributed by atoms with Gasteiger partial charge in [-0.15, -0.1) is 11.3 Å². The summed E-state index contributed by atoms with van der Waals surface area (Å²) >= 11 is 1.11. The SMILES string of the molecule is CC1CCC(C(=O)N(c2cc(C#CC(C)(C)C)sc2C(=O)O)[C@@H]2CCN(C(=O)OC3CCCNC3)C2)CC1. The van der Waals surface area contributed by atoms with Crippen molar-refractivity contribution >= 4 is 35.0 Å². The van der Waals surface area contributed by atoms with Gasteiger partial charge in [-0.25, -0.2) is 9.59 Å². The number of carbonyl (C=O) groups is 3. The smallest absolute Gasteiger partial charge is 0.410 e. The molecule has 2 aliphatic heterocycles. The van der Waals surface area contributed by atoms with Crippen LogP contribution in [0.3, 0.4) is 0 Å². The third-order valence-electron chi connectivity index (χ3n) is 7.64. The molecule has 0 bridgehead atoms. The molecule has 2 atom stereocenters. The average molecular weight is 544 g/mol. The van der Waals surface area contributed by atoms with E-state index < -0.39 is 5.97 Å². The Hall–Kier alpha value is -2.57. The number of anilines is 1. The number of piperidine rings is 1. The second-order valence-corrected chi connectivity index (χ2v) is 13.1. The van der Waals surface area contributed by atoms with Crippen molar-refractivity contribution in [1.29, 1.82) is 0 Å². The minimum atomic E-state index is -1.07. The quantitative estimate of drug-likeness (QED) is 0.509. The molecule has 1 aromatic rings. The first-order chi connectivity index (χ1) is 18.0. The van der Waals surface area contributed by atoms with E-state index in [0.717, 1.165) is 56.4 Å². The lowest BCUT2D eigenvalue weighted by Gasteiger charge is -2.34. The second-order valence-electron chi connectivity index (χ2n) is 12.0. The minimum absolute atomic E-state index is 0.0378. The van der Waals surface area contributed by atoms with E-state index in [9.17, 15) is 19.5 Å². The summed E-state index contributed by atoms with van der Waals surface area (Å²) in [6.45, 7) is 10.6. The van der Waals surface area contributed by atoms with E-state index in [-0.39, 0.29) is 40.4 Å². The largest absolute Gasteiger partial charge is 0.477 e. The summed E-state index contributed by atoms with van der Waals surface area (Å²) in [5.74, 6) is 5.63. The number of hydrogen-bond donors (Lipinski definition) is 2. The van der Waals surface area contributed by atoms with Crippen molar-refractivity contribution in [3.8, 4) is 11.8 Å². The van der Waals surface area contributed by atoms with Crippen molar-refractivity contribution < 1.29 is 24.2 Å². The van der Waals surface area contributed by atoms with Crippen LogP contribution in [-0.4, -0.2) is 66.3 Å². The predicted octanol–water partition coefficient (Wildman–Crippen LogP) is 4.97. The summed E-state index contributed by atoms with van der Waals surface area (Å²) in [7, 11) is 0. The first-order valence-corrected chi connectivity index (χ1v) is 14.7. The summed E-state index contributed by atoms with van der Waals surface area (Å²) < 4.78 is 5.74. The predicted molar refractivity (Wildman–Crippen MR) is 149 cm³/mol. The lowest BCUT2D eigenvalue weighted by molar-refractivity contribution is -0.124. The number of hydrogen-bond acceptors (Lipinski definition) is 6. The van der Waals surface area contributed by atoms with E-state index in [1.807, 2.05) is 20.8 Å². The molecular weight excluding hydrogens is 502 g/mol. The molecular formula is C29H41N3O5S. The Bertz CT molecular complexity index is 1080. The molecule has 2 saturated heterocycles. The molecule has 9 heteroatoms. The van der Waals surface area contributed by atoms with E-state index in [0.29, 0.717) is 42.5 Å². The molecule has 0 spiro atoms. The van der Waals surface area contributed by atoms with E-state index in [1.165, 1.54) is 0 Å². The van der Waals surface area contributed by atoms with Crippen LogP contribution < -0.4 is 10.2 Å². The van der Waals surface area contributed by atoms with Gasteiger partial charge in [0.2, 0.25) is 5.91 Å². The van der Waals surface area contributed by atoms with Gasteiger partial charge >= 0.3 is 12.1 Å². The number of amides is 2. The summed E-state index contributed by atoms with van der Waals surface area (Å²) in [5.41, 5.74) is 0.170. The minimum Gasteiger partial charge on any atom is -0.477 e. The third-order valence-corrected chi connectivity index (χ3v) is 8.66. The highest BCUT2D eigenvalue weighted by Crippen LogP contribution is 2.38. The van der Waals surface area contributed by atoms with Gasteiger partial charge in [0.05, 0.1) is 16.6 Å². The number of carboxylic acids is 1. The molecule has 2 N–H and O–H groups in total. The molecule has 3 fully saturated rings. The van der Waals surface area contributed by atoms with Gasteiger partial charge < -0.3 is 25.0 Å². The van der Waals surface area contributed by atoms with Gasteiger partial charge in [-0.05, 0) is 84.2 Å². The molecule has 3 aliphatic rings. The molecule has 2 amide bonds. The van der Waals surface area contributed by atoms with E-state index in [4.69, 9.17) is 4.74 Å². The standard InChI is InChI=1S/C29H41N3O5S/c1-19-7-9-20(10-8-19)26(33)32(24-16-23(11-13-29(2,3)4)38-25(24)27(34)35)21-12-15-31(18-21)28(36)37-22-6-5-14-30-17-22/h16,19-22,30H,5-10,12,14-15,17-18H2,1-4H3,(H,34,35)/t19?,20?,21-,22?/m1/s1. The van der Waals surface area contributed by atoms with Gasteiger partial charge in [0.15, 0.2) is 0 Å². The lowest BCUT2D eigenvalue weighted by Crippen LogP contribution is -2.47. The zero-order chi connectivity index (χ0) is 27.4. The molecule has 1 aromatic heterocycles. The van der Waals surface area contributed by atoms with Crippen molar-refractivity contribution in [2.45, 2.75) is 84.8 Å². The molecule has 8 nitrogen and oxygen atoms in total. The maximum atomic E-state index is 14.0. The Balaban J connectivity index is 1.61. The summed E-state index contributed by atoms with van der Waals surface area (Å²) in [5, 5.41) is 13.3. The fourth-order valence-electron chi connectivity index (χ4n) is 5.48. The van der Waals surface area contributed by atoms with Gasteiger partial charge in [-0.1, -0.05) is 18.8 Å². The van der Waals surface area contributed by atoms with Crippen LogP contribution in [0, 0.1) is 29.1 Å². The third kappa shape index (κ3) is 7.09. The maximum Gasteiger partial charge on any atom is 0.410 e. The molecule has 4 rings (SSSR count). The number of nitrogens with zero attached hydrogens (tertiary/aromatic N) is 2. The van der Waals surface area contributed by atoms with Crippen molar-refractivity contribution in [2.24, 2.45) is 17.3 Å². The van der Waals surface area contributed by atoms with Crippen LogP contribution in [0.25, 0.3) is 0 Å². The van der Waals surface area contributed by atoms with Crippen LogP contribution >= 0.6 is 11.3 Å². The van der Waals surface area contributed by atoms with Gasteiger partial charge in [0.1, 0.15) is 11.0 Å². The zero-order valence-electron chi connectivity index (χ0n) is 23.0. The number of thiophene rings is 1. The normalized spacial score (nSPS) is 25.8. The highest BCUT2D eigenvalue weighted by Gasteiger charge is 2.40. The zero-order valence-corrected chi connectivity index (χ0v) is 23.9. The fourth-order valence-corrected chi connectivity index (χ4v) is 6.32. The number of carbonyl (C=O) groups excluding carboxylic acids is 2. The number of aromatic carboxylic acids is 1. The van der Waals surface area contributed by atoms with Crippen molar-refractivity contribution in [1.82, 2.24) is 10.2 Å². The van der Waals surface area contributed by atoms with Crippen LogP contribution in [0.5, 0.6) is 0 Å². The maximum absolute atomic E-state index is 14.0. The van der Waals surface area contributed by atoms with Gasteiger partial charge in [0.25, 0.3) is 0 Å². The molecule has 1 saturated carbocycles. The van der Waals surface area contributed by atoms with Crippen molar-refractivity contribution in [2.75, 3.05) is 31.1 Å². The Morgan fingerprint density at radius 1 is 1.16 bits per heavy atom.